The predicted molar refractivity (Wildman–Crippen MR) is 201 cm³/mol. The monoisotopic (exact) mass is 709 g/mol. The van der Waals surface area contributed by atoms with Crippen molar-refractivity contribution >= 4 is 21.7 Å². The van der Waals surface area contributed by atoms with Crippen LogP contribution in [0.25, 0.3) is 33.4 Å². The van der Waals surface area contributed by atoms with Crippen LogP contribution >= 0.6 is 0 Å². The van der Waals surface area contributed by atoms with E-state index in [-0.39, 0.29) is 23.2 Å². The predicted octanol–water partition coefficient (Wildman–Crippen LogP) is 6.81. The highest BCUT2D eigenvalue weighted by atomic mass is 32.2. The number of pyridine rings is 2. The minimum atomic E-state index is -3.67. The Hall–Kier alpha value is -5.10. The topological polar surface area (TPSA) is 151 Å². The minimum Gasteiger partial charge on any atom is -0.496 e. The van der Waals surface area contributed by atoms with E-state index in [1.807, 2.05) is 97.4 Å². The third-order valence-corrected chi connectivity index (χ3v) is 8.84. The van der Waals surface area contributed by atoms with Crippen LogP contribution in [0.15, 0.2) is 96.2 Å². The van der Waals surface area contributed by atoms with E-state index in [1.54, 1.807) is 19.5 Å². The van der Waals surface area contributed by atoms with Crippen molar-refractivity contribution in [3.8, 4) is 39.1 Å². The molecule has 51 heavy (non-hydrogen) atoms. The number of aryl methyl sites for hydroxylation is 2. The Labute approximate surface area is 298 Å². The number of nitrogens with zero attached hydrogens (tertiary/aromatic N) is 2. The zero-order chi connectivity index (χ0) is 36.7. The lowest BCUT2D eigenvalue weighted by molar-refractivity contribution is 0.0612. The minimum absolute atomic E-state index is 0.112. The van der Waals surface area contributed by atoms with E-state index in [4.69, 9.17) is 19.8 Å². The third-order valence-electron chi connectivity index (χ3n) is 8.84. The number of benzene rings is 3. The van der Waals surface area contributed by atoms with Gasteiger partial charge in [0.1, 0.15) is 11.6 Å². The summed E-state index contributed by atoms with van der Waals surface area (Å²) in [6.07, 6.45) is 8.15. The van der Waals surface area contributed by atoms with Crippen LogP contribution in [0.4, 0.5) is 5.82 Å². The van der Waals surface area contributed by atoms with Gasteiger partial charge in [-0.15, -0.1) is 0 Å². The molecule has 11 heteroatoms. The number of methoxy groups -OCH3 is 1. The molecule has 0 amide bonds. The number of rotatable bonds is 9. The Morgan fingerprint density at radius 3 is 2.18 bits per heavy atom. The molecule has 0 spiro atoms. The Bertz CT molecular complexity index is 2160. The number of hydrogen-bond donors (Lipinski definition) is 2. The number of carbonyl (C=O) groups excluding carboxylic acids is 1. The molecule has 3 aromatic carbocycles. The number of nitrogens with two attached hydrogens (primary N) is 1. The van der Waals surface area contributed by atoms with Crippen LogP contribution in [0.5, 0.6) is 5.75 Å². The molecule has 3 heterocycles. The van der Waals surface area contributed by atoms with Crippen molar-refractivity contribution in [3.63, 3.8) is 0 Å². The van der Waals surface area contributed by atoms with Crippen molar-refractivity contribution in [3.05, 3.63) is 124 Å². The third kappa shape index (κ3) is 10.0. The molecule has 1 aliphatic heterocycles. The molecule has 0 unspecified atom stereocenters. The average molecular weight is 710 g/mol. The maximum Gasteiger partial charge on any atom is 0.261 e. The van der Waals surface area contributed by atoms with Gasteiger partial charge >= 0.3 is 0 Å². The molecular weight excluding hydrogens is 667 g/mol. The van der Waals surface area contributed by atoms with Crippen molar-refractivity contribution in [1.29, 1.82) is 0 Å². The van der Waals surface area contributed by atoms with Gasteiger partial charge in [0.05, 0.1) is 18.9 Å². The van der Waals surface area contributed by atoms with Crippen LogP contribution in [-0.2, 0) is 27.8 Å². The summed E-state index contributed by atoms with van der Waals surface area (Å²) in [5.41, 5.74) is 14.2. The summed E-state index contributed by atoms with van der Waals surface area (Å²) in [5.74, 6) is 1.46. The normalized spacial score (nSPS) is 13.3. The Kier molecular flexibility index (Phi) is 11.9. The number of ketones is 1. The number of carbonyl (C=O) groups is 1. The largest absolute Gasteiger partial charge is 0.496 e. The quantitative estimate of drug-likeness (QED) is 0.124. The van der Waals surface area contributed by atoms with E-state index >= 15 is 0 Å². The smallest absolute Gasteiger partial charge is 0.261 e. The summed E-state index contributed by atoms with van der Waals surface area (Å²) >= 11 is 0. The van der Waals surface area contributed by atoms with Crippen LogP contribution in [-0.4, -0.2) is 54.9 Å². The Balaban J connectivity index is 0.000000943. The number of hydrogen-bond acceptors (Lipinski definition) is 8. The van der Waals surface area contributed by atoms with Crippen LogP contribution < -0.4 is 15.9 Å². The van der Waals surface area contributed by atoms with Crippen molar-refractivity contribution in [1.82, 2.24) is 9.55 Å². The first-order valence-electron chi connectivity index (χ1n) is 16.6. The highest BCUT2D eigenvalue weighted by molar-refractivity contribution is 7.85. The van der Waals surface area contributed by atoms with Crippen LogP contribution in [0.1, 0.15) is 39.9 Å². The lowest BCUT2D eigenvalue weighted by Gasteiger charge is -2.23. The summed E-state index contributed by atoms with van der Waals surface area (Å²) < 4.78 is 38.9. The molecule has 0 saturated carbocycles. The zero-order valence-electron chi connectivity index (χ0n) is 29.3. The van der Waals surface area contributed by atoms with Gasteiger partial charge in [-0.2, -0.15) is 8.42 Å². The van der Waals surface area contributed by atoms with Gasteiger partial charge in [0.25, 0.3) is 10.1 Å². The zero-order valence-corrected chi connectivity index (χ0v) is 30.1. The molecular formula is C40H43N3O7S. The van der Waals surface area contributed by atoms with E-state index in [0.717, 1.165) is 82.9 Å². The molecule has 10 nitrogen and oxygen atoms in total. The lowest BCUT2D eigenvalue weighted by Crippen LogP contribution is -2.25. The molecule has 266 valence electrons. The summed E-state index contributed by atoms with van der Waals surface area (Å²) in [7, 11) is -2.01. The summed E-state index contributed by atoms with van der Waals surface area (Å²) in [4.78, 5) is 31.9. The van der Waals surface area contributed by atoms with E-state index in [1.165, 1.54) is 0 Å². The highest BCUT2D eigenvalue weighted by Gasteiger charge is 2.20. The molecule has 6 rings (SSSR count). The van der Waals surface area contributed by atoms with E-state index in [9.17, 15) is 18.0 Å². The van der Waals surface area contributed by atoms with Crippen LogP contribution in [0.3, 0.4) is 0 Å². The molecule has 0 radical (unpaired) electrons. The number of aromatic nitrogens is 2. The van der Waals surface area contributed by atoms with Gasteiger partial charge in [-0.25, -0.2) is 4.98 Å². The first-order chi connectivity index (χ1) is 24.3. The molecule has 0 atom stereocenters. The first kappa shape index (κ1) is 37.2. The van der Waals surface area contributed by atoms with Crippen LogP contribution in [0.2, 0.25) is 0 Å². The molecule has 0 bridgehead atoms. The maximum atomic E-state index is 13.7. The maximum absolute atomic E-state index is 13.7. The second kappa shape index (κ2) is 16.3. The number of anilines is 1. The fourth-order valence-electron chi connectivity index (χ4n) is 6.05. The Morgan fingerprint density at radius 2 is 1.53 bits per heavy atom. The van der Waals surface area contributed by atoms with Crippen molar-refractivity contribution in [2.24, 2.45) is 5.92 Å². The summed E-state index contributed by atoms with van der Waals surface area (Å²) in [6.45, 7) is 6.24. The summed E-state index contributed by atoms with van der Waals surface area (Å²) in [6, 6.07) is 23.7. The van der Waals surface area contributed by atoms with Crippen LogP contribution in [0, 0.1) is 19.8 Å². The summed E-state index contributed by atoms with van der Waals surface area (Å²) in [5, 5.41) is 0. The van der Waals surface area contributed by atoms with Gasteiger partial charge in [-0.1, -0.05) is 66.2 Å². The second-order valence-electron chi connectivity index (χ2n) is 12.9. The molecule has 1 saturated heterocycles. The molecule has 5 aromatic rings. The molecule has 1 fully saturated rings. The van der Waals surface area contributed by atoms with Gasteiger partial charge in [0, 0.05) is 61.5 Å². The van der Waals surface area contributed by atoms with E-state index < -0.39 is 10.1 Å². The molecule has 1 aliphatic rings. The van der Waals surface area contributed by atoms with Gasteiger partial charge in [0.15, 0.2) is 11.2 Å². The fourth-order valence-corrected chi connectivity index (χ4v) is 6.05. The lowest BCUT2D eigenvalue weighted by atomic mass is 9.96. The standard InChI is InChI=1S/C39H39N3O4.CH4O3S/c1-25-4-9-30(10-5-25)34-23-42(22-28-14-16-46-17-15-28)24-35(38(34)44)36(43)18-27-7-12-29(13-8-27)33-19-32(21-41-39(33)40)31-11-6-26(2)37(20-31)45-3;1-5(2,3)4/h4-13,19-21,23-24,28H,14-18,22H2,1-3H3,(H2,40,41);1H3,(H,2,3,4). The Morgan fingerprint density at radius 1 is 0.922 bits per heavy atom. The second-order valence-corrected chi connectivity index (χ2v) is 14.4. The molecule has 3 N–H and O–H groups in total. The number of Topliss-reactive ketones (excluding diaryl/α,β-unsaturated/α-hetero) is 1. The van der Waals surface area contributed by atoms with Crippen molar-refractivity contribution < 1.29 is 27.2 Å². The van der Waals surface area contributed by atoms with E-state index in [2.05, 4.69) is 4.98 Å². The number of nitrogen functional groups attached to an aromatic ring is 1. The fraction of sp³-hybridized carbons (Fsp3) is 0.275. The van der Waals surface area contributed by atoms with Crippen molar-refractivity contribution in [2.75, 3.05) is 32.3 Å². The van der Waals surface area contributed by atoms with Crippen molar-refractivity contribution in [2.45, 2.75) is 39.7 Å². The molecule has 2 aromatic heterocycles. The highest BCUT2D eigenvalue weighted by Crippen LogP contribution is 2.32. The van der Waals surface area contributed by atoms with Gasteiger partial charge in [0.2, 0.25) is 0 Å². The number of ether oxygens (including phenoxy) is 2. The SMILES string of the molecule is COc1cc(-c2cnc(N)c(-c3ccc(CC(=O)c4cn(CC5CCOCC5)cc(-c5ccc(C)cc5)c4=O)cc3)c2)ccc1C.CS(=O)(=O)O. The first-order valence-corrected chi connectivity index (χ1v) is 18.5. The average Bonchev–Trinajstić information content (AvgIpc) is 3.10. The van der Waals surface area contributed by atoms with E-state index in [0.29, 0.717) is 23.6 Å². The van der Waals surface area contributed by atoms with Gasteiger partial charge in [-0.3, -0.25) is 14.1 Å². The molecule has 0 aliphatic carbocycles. The van der Waals surface area contributed by atoms with Gasteiger partial charge in [-0.05, 0) is 72.6 Å². The van der Waals surface area contributed by atoms with Gasteiger partial charge < -0.3 is 19.8 Å².